The van der Waals surface area contributed by atoms with Crippen LogP contribution in [0.15, 0.2) is 16.6 Å². The lowest BCUT2D eigenvalue weighted by Gasteiger charge is -2.11. The first-order valence-electron chi connectivity index (χ1n) is 3.96. The number of hydrogen-bond donors (Lipinski definition) is 1. The van der Waals surface area contributed by atoms with E-state index in [9.17, 15) is 13.6 Å². The average molecular weight is 281 g/mol. The molecule has 0 spiro atoms. The van der Waals surface area contributed by atoms with Crippen molar-refractivity contribution in [2.75, 3.05) is 0 Å². The Labute approximate surface area is 92.8 Å². The summed E-state index contributed by atoms with van der Waals surface area (Å²) in [5.74, 6) is -3.99. The van der Waals surface area contributed by atoms with Crippen molar-refractivity contribution < 1.29 is 23.4 Å². The SMILES string of the molecule is CC(Oc1cc(Br)cc(F)c1F)C(=O)O. The molecular weight excluding hydrogens is 274 g/mol. The molecule has 0 amide bonds. The Balaban J connectivity index is 2.99. The fourth-order valence-corrected chi connectivity index (χ4v) is 1.27. The third-order valence-electron chi connectivity index (χ3n) is 1.61. The molecule has 0 saturated heterocycles. The molecule has 0 aliphatic heterocycles. The lowest BCUT2D eigenvalue weighted by molar-refractivity contribution is -0.144. The van der Waals surface area contributed by atoms with E-state index in [-0.39, 0.29) is 4.47 Å². The van der Waals surface area contributed by atoms with Gasteiger partial charge in [-0.15, -0.1) is 0 Å². The molecule has 0 saturated carbocycles. The zero-order chi connectivity index (χ0) is 11.6. The lowest BCUT2D eigenvalue weighted by Crippen LogP contribution is -2.23. The van der Waals surface area contributed by atoms with E-state index in [4.69, 9.17) is 9.84 Å². The van der Waals surface area contributed by atoms with E-state index in [2.05, 4.69) is 15.9 Å². The van der Waals surface area contributed by atoms with Gasteiger partial charge in [-0.05, 0) is 19.1 Å². The van der Waals surface area contributed by atoms with Gasteiger partial charge in [0.2, 0.25) is 5.82 Å². The number of aliphatic carboxylic acids is 1. The molecular formula is C9H7BrF2O3. The van der Waals surface area contributed by atoms with Crippen LogP contribution in [0.1, 0.15) is 6.92 Å². The third kappa shape index (κ3) is 2.89. The van der Waals surface area contributed by atoms with Crippen LogP contribution in [0.25, 0.3) is 0 Å². The van der Waals surface area contributed by atoms with Gasteiger partial charge in [0.1, 0.15) is 0 Å². The predicted molar refractivity (Wildman–Crippen MR) is 51.8 cm³/mol. The van der Waals surface area contributed by atoms with Crippen LogP contribution >= 0.6 is 15.9 Å². The van der Waals surface area contributed by atoms with Gasteiger partial charge in [-0.2, -0.15) is 4.39 Å². The molecule has 1 rings (SSSR count). The van der Waals surface area contributed by atoms with Crippen LogP contribution in [-0.4, -0.2) is 17.2 Å². The molecule has 0 aromatic heterocycles. The van der Waals surface area contributed by atoms with Crippen molar-refractivity contribution in [3.8, 4) is 5.75 Å². The minimum atomic E-state index is -1.25. The summed E-state index contributed by atoms with van der Waals surface area (Å²) in [7, 11) is 0. The van der Waals surface area contributed by atoms with Gasteiger partial charge in [0.25, 0.3) is 0 Å². The topological polar surface area (TPSA) is 46.5 Å². The highest BCUT2D eigenvalue weighted by Crippen LogP contribution is 2.26. The van der Waals surface area contributed by atoms with Crippen LogP contribution in [0.3, 0.4) is 0 Å². The maximum atomic E-state index is 13.1. The maximum absolute atomic E-state index is 13.1. The van der Waals surface area contributed by atoms with Gasteiger partial charge < -0.3 is 9.84 Å². The van der Waals surface area contributed by atoms with E-state index in [0.717, 1.165) is 12.1 Å². The first kappa shape index (κ1) is 11.9. The molecule has 1 aromatic carbocycles. The number of carboxylic acids is 1. The van der Waals surface area contributed by atoms with Gasteiger partial charge >= 0.3 is 5.97 Å². The van der Waals surface area contributed by atoms with E-state index in [1.54, 1.807) is 0 Å². The van der Waals surface area contributed by atoms with Crippen molar-refractivity contribution in [2.45, 2.75) is 13.0 Å². The quantitative estimate of drug-likeness (QED) is 0.866. The van der Waals surface area contributed by atoms with Crippen molar-refractivity contribution >= 4 is 21.9 Å². The summed E-state index contributed by atoms with van der Waals surface area (Å²) in [5.41, 5.74) is 0. The molecule has 82 valence electrons. The standard InChI is InChI=1S/C9H7BrF2O3/c1-4(9(13)14)15-7-3-5(10)2-6(11)8(7)12/h2-4H,1H3,(H,13,14). The number of ether oxygens (including phenoxy) is 1. The van der Waals surface area contributed by atoms with Crippen molar-refractivity contribution in [3.63, 3.8) is 0 Å². The van der Waals surface area contributed by atoms with Crippen molar-refractivity contribution in [1.29, 1.82) is 0 Å². The Hall–Kier alpha value is -1.17. The van der Waals surface area contributed by atoms with E-state index in [1.165, 1.54) is 6.92 Å². The van der Waals surface area contributed by atoms with Crippen LogP contribution in [0, 0.1) is 11.6 Å². The normalized spacial score (nSPS) is 12.3. The van der Waals surface area contributed by atoms with Gasteiger partial charge in [-0.1, -0.05) is 15.9 Å². The minimum absolute atomic E-state index is 0.272. The van der Waals surface area contributed by atoms with E-state index in [0.29, 0.717) is 0 Å². The van der Waals surface area contributed by atoms with Crippen LogP contribution in [0.2, 0.25) is 0 Å². The first-order chi connectivity index (χ1) is 6.91. The molecule has 1 N–H and O–H groups in total. The number of hydrogen-bond acceptors (Lipinski definition) is 2. The molecule has 0 bridgehead atoms. The molecule has 1 unspecified atom stereocenters. The Morgan fingerprint density at radius 3 is 2.67 bits per heavy atom. The summed E-state index contributed by atoms with van der Waals surface area (Å²) in [6.45, 7) is 1.22. The predicted octanol–water partition coefficient (Wildman–Crippen LogP) is 2.58. The van der Waals surface area contributed by atoms with Gasteiger partial charge in [-0.3, -0.25) is 0 Å². The fourth-order valence-electron chi connectivity index (χ4n) is 0.859. The van der Waals surface area contributed by atoms with Crippen molar-refractivity contribution in [3.05, 3.63) is 28.2 Å². The van der Waals surface area contributed by atoms with E-state index >= 15 is 0 Å². The fraction of sp³-hybridized carbons (Fsp3) is 0.222. The van der Waals surface area contributed by atoms with Crippen molar-refractivity contribution in [1.82, 2.24) is 0 Å². The highest BCUT2D eigenvalue weighted by molar-refractivity contribution is 9.10. The highest BCUT2D eigenvalue weighted by Gasteiger charge is 2.17. The molecule has 0 aliphatic carbocycles. The molecule has 0 heterocycles. The minimum Gasteiger partial charge on any atom is -0.479 e. The van der Waals surface area contributed by atoms with Crippen LogP contribution < -0.4 is 4.74 Å². The van der Waals surface area contributed by atoms with Gasteiger partial charge in [0, 0.05) is 4.47 Å². The second-order valence-corrected chi connectivity index (χ2v) is 3.71. The molecule has 0 fully saturated rings. The van der Waals surface area contributed by atoms with E-state index in [1.807, 2.05) is 0 Å². The zero-order valence-corrected chi connectivity index (χ0v) is 9.22. The maximum Gasteiger partial charge on any atom is 0.344 e. The smallest absolute Gasteiger partial charge is 0.344 e. The Morgan fingerprint density at radius 2 is 2.13 bits per heavy atom. The number of halogens is 3. The average Bonchev–Trinajstić information content (AvgIpc) is 2.13. The van der Waals surface area contributed by atoms with Gasteiger partial charge in [0.05, 0.1) is 0 Å². The summed E-state index contributed by atoms with van der Waals surface area (Å²) in [4.78, 5) is 10.4. The summed E-state index contributed by atoms with van der Waals surface area (Å²) in [6, 6.07) is 2.09. The number of rotatable bonds is 3. The highest BCUT2D eigenvalue weighted by atomic mass is 79.9. The first-order valence-corrected chi connectivity index (χ1v) is 4.75. The Bertz CT molecular complexity index is 395. The van der Waals surface area contributed by atoms with Gasteiger partial charge in [-0.25, -0.2) is 9.18 Å². The van der Waals surface area contributed by atoms with Gasteiger partial charge in [0.15, 0.2) is 17.7 Å². The van der Waals surface area contributed by atoms with E-state index < -0.39 is 29.5 Å². The largest absolute Gasteiger partial charge is 0.479 e. The Morgan fingerprint density at radius 1 is 1.53 bits per heavy atom. The monoisotopic (exact) mass is 280 g/mol. The molecule has 15 heavy (non-hydrogen) atoms. The summed E-state index contributed by atoms with van der Waals surface area (Å²) in [6.07, 6.45) is -1.24. The van der Waals surface area contributed by atoms with Crippen LogP contribution in [0.4, 0.5) is 8.78 Å². The summed E-state index contributed by atoms with van der Waals surface area (Å²) >= 11 is 2.94. The molecule has 1 atom stereocenters. The molecule has 1 aromatic rings. The van der Waals surface area contributed by atoms with Crippen LogP contribution in [0.5, 0.6) is 5.75 Å². The lowest BCUT2D eigenvalue weighted by atomic mass is 10.3. The molecule has 3 nitrogen and oxygen atoms in total. The van der Waals surface area contributed by atoms with Crippen LogP contribution in [-0.2, 0) is 4.79 Å². The number of carboxylic acid groups (broad SMARTS) is 1. The third-order valence-corrected chi connectivity index (χ3v) is 2.07. The second kappa shape index (κ2) is 4.57. The summed E-state index contributed by atoms with van der Waals surface area (Å²) < 4.78 is 30.9. The number of benzene rings is 1. The zero-order valence-electron chi connectivity index (χ0n) is 7.63. The Kier molecular flexibility index (Phi) is 3.62. The molecule has 0 radical (unpaired) electrons. The molecule has 0 aliphatic rings. The number of carbonyl (C=O) groups is 1. The second-order valence-electron chi connectivity index (χ2n) is 2.80. The van der Waals surface area contributed by atoms with Crippen molar-refractivity contribution in [2.24, 2.45) is 0 Å². The summed E-state index contributed by atoms with van der Waals surface area (Å²) in [5, 5.41) is 8.52. The molecule has 6 heteroatoms.